The van der Waals surface area contributed by atoms with Crippen molar-refractivity contribution in [3.63, 3.8) is 0 Å². The molecule has 2 aromatic carbocycles. The molecule has 0 saturated carbocycles. The average Bonchev–Trinajstić information content (AvgIpc) is 2.52. The maximum Gasteiger partial charge on any atom is 0.350 e. The first-order valence-electron chi connectivity index (χ1n) is 6.57. The lowest BCUT2D eigenvalue weighted by atomic mass is 10.2. The van der Waals surface area contributed by atoms with Crippen LogP contribution in [0.1, 0.15) is 23.7 Å². The Morgan fingerprint density at radius 2 is 1.86 bits per heavy atom. The third kappa shape index (κ3) is 4.69. The summed E-state index contributed by atoms with van der Waals surface area (Å²) >= 11 is 6.95. The number of carbonyl (C=O) groups excluding carboxylic acids is 1. The molecule has 0 fully saturated rings. The van der Waals surface area contributed by atoms with Gasteiger partial charge in [0.05, 0.1) is 34.1 Å². The maximum absolute atomic E-state index is 11.9. The third-order valence-electron chi connectivity index (χ3n) is 2.61. The molecular weight excluding hydrogens is 308 g/mol. The summed E-state index contributed by atoms with van der Waals surface area (Å²) in [7, 11) is 0. The van der Waals surface area contributed by atoms with Crippen LogP contribution in [0, 0.1) is 0 Å². The first kappa shape index (κ1) is 15.7. The Morgan fingerprint density at radius 3 is 2.52 bits per heavy atom. The molecule has 0 heterocycles. The van der Waals surface area contributed by atoms with Gasteiger partial charge in [-0.1, -0.05) is 30.7 Å². The van der Waals surface area contributed by atoms with Gasteiger partial charge >= 0.3 is 5.97 Å². The fourth-order valence-corrected chi connectivity index (χ4v) is 2.32. The van der Waals surface area contributed by atoms with Crippen LogP contribution in [0.15, 0.2) is 53.4 Å². The van der Waals surface area contributed by atoms with Gasteiger partial charge in [-0.3, -0.25) is 0 Å². The highest BCUT2D eigenvalue weighted by molar-refractivity contribution is 7.95. The van der Waals surface area contributed by atoms with Crippen LogP contribution in [-0.4, -0.2) is 12.6 Å². The molecule has 0 aliphatic heterocycles. The number of ether oxygens (including phenoxy) is 1. The third-order valence-corrected chi connectivity index (χ3v) is 3.82. The minimum atomic E-state index is -0.415. The van der Waals surface area contributed by atoms with E-state index in [0.29, 0.717) is 22.1 Å². The standard InChI is InChI=1S/C16H15ClO3S/c1-2-11-19-13-9-7-12(8-10-13)16(18)20-21-15-6-4-3-5-14(15)17/h3-10H,2,11H2,1H3. The van der Waals surface area contributed by atoms with Crippen molar-refractivity contribution < 1.29 is 13.7 Å². The summed E-state index contributed by atoms with van der Waals surface area (Å²) in [6.45, 7) is 2.70. The molecule has 110 valence electrons. The maximum atomic E-state index is 11.9. The van der Waals surface area contributed by atoms with Crippen molar-refractivity contribution >= 4 is 29.6 Å². The molecule has 3 nitrogen and oxygen atoms in total. The normalized spacial score (nSPS) is 10.2. The van der Waals surface area contributed by atoms with E-state index in [2.05, 4.69) is 0 Å². The van der Waals surface area contributed by atoms with Crippen molar-refractivity contribution in [3.05, 3.63) is 59.1 Å². The lowest BCUT2D eigenvalue weighted by molar-refractivity contribution is 0.0768. The molecule has 0 N–H and O–H groups in total. The molecule has 2 aromatic rings. The zero-order chi connectivity index (χ0) is 15.1. The number of hydrogen-bond donors (Lipinski definition) is 0. The lowest BCUT2D eigenvalue weighted by Gasteiger charge is -2.06. The average molecular weight is 323 g/mol. The van der Waals surface area contributed by atoms with Gasteiger partial charge < -0.3 is 8.92 Å². The van der Waals surface area contributed by atoms with Crippen LogP contribution in [0.5, 0.6) is 5.75 Å². The summed E-state index contributed by atoms with van der Waals surface area (Å²) in [6.07, 6.45) is 0.943. The van der Waals surface area contributed by atoms with E-state index < -0.39 is 5.97 Å². The van der Waals surface area contributed by atoms with Gasteiger partial charge in [0, 0.05) is 0 Å². The van der Waals surface area contributed by atoms with Crippen LogP contribution in [-0.2, 0) is 4.18 Å². The Labute approximate surface area is 133 Å². The zero-order valence-corrected chi connectivity index (χ0v) is 13.1. The Kier molecular flexibility index (Phi) is 5.96. The summed E-state index contributed by atoms with van der Waals surface area (Å²) in [4.78, 5) is 12.6. The van der Waals surface area contributed by atoms with Gasteiger partial charge in [0.25, 0.3) is 0 Å². The molecule has 0 bridgehead atoms. The smallest absolute Gasteiger partial charge is 0.350 e. The Morgan fingerprint density at radius 1 is 1.14 bits per heavy atom. The molecule has 2 rings (SSSR count). The Bertz CT molecular complexity index is 599. The highest BCUT2D eigenvalue weighted by atomic mass is 35.5. The number of halogens is 1. The molecule has 0 unspecified atom stereocenters. The molecular formula is C16H15ClO3S. The molecule has 0 saturated heterocycles. The predicted octanol–water partition coefficient (Wildman–Crippen LogP) is 4.99. The van der Waals surface area contributed by atoms with Crippen molar-refractivity contribution in [2.24, 2.45) is 0 Å². The SMILES string of the molecule is CCCOc1ccc(C(=O)OSc2ccccc2Cl)cc1. The van der Waals surface area contributed by atoms with Crippen molar-refractivity contribution in [3.8, 4) is 5.75 Å². The van der Waals surface area contributed by atoms with E-state index in [1.807, 2.05) is 19.1 Å². The molecule has 0 aliphatic rings. The summed E-state index contributed by atoms with van der Waals surface area (Å²) in [5.41, 5.74) is 0.471. The topological polar surface area (TPSA) is 35.5 Å². The van der Waals surface area contributed by atoms with Gasteiger partial charge in [0.2, 0.25) is 0 Å². The predicted molar refractivity (Wildman–Crippen MR) is 85.0 cm³/mol. The number of benzene rings is 2. The number of rotatable bonds is 6. The first-order chi connectivity index (χ1) is 10.2. The highest BCUT2D eigenvalue weighted by Gasteiger charge is 2.10. The van der Waals surface area contributed by atoms with Gasteiger partial charge in [-0.05, 0) is 42.8 Å². The second kappa shape index (κ2) is 7.96. The summed E-state index contributed by atoms with van der Waals surface area (Å²) < 4.78 is 10.6. The van der Waals surface area contributed by atoms with E-state index in [0.717, 1.165) is 24.2 Å². The summed E-state index contributed by atoms with van der Waals surface area (Å²) in [5.74, 6) is 0.328. The van der Waals surface area contributed by atoms with Crippen LogP contribution in [0.3, 0.4) is 0 Å². The minimum Gasteiger partial charge on any atom is -0.494 e. The van der Waals surface area contributed by atoms with Crippen LogP contribution in [0.2, 0.25) is 5.02 Å². The fraction of sp³-hybridized carbons (Fsp3) is 0.188. The molecule has 0 amide bonds. The van der Waals surface area contributed by atoms with Gasteiger partial charge in [0.15, 0.2) is 0 Å². The van der Waals surface area contributed by atoms with Crippen LogP contribution >= 0.6 is 23.6 Å². The van der Waals surface area contributed by atoms with Crippen molar-refractivity contribution in [1.29, 1.82) is 0 Å². The fourth-order valence-electron chi connectivity index (χ4n) is 1.55. The summed E-state index contributed by atoms with van der Waals surface area (Å²) in [5, 5.41) is 0.554. The molecule has 0 aromatic heterocycles. The van der Waals surface area contributed by atoms with Crippen molar-refractivity contribution in [1.82, 2.24) is 0 Å². The largest absolute Gasteiger partial charge is 0.494 e. The molecule has 0 radical (unpaired) electrons. The van der Waals surface area contributed by atoms with Gasteiger partial charge in [-0.2, -0.15) is 0 Å². The Hall–Kier alpha value is -1.65. The van der Waals surface area contributed by atoms with E-state index in [1.165, 1.54) is 0 Å². The van der Waals surface area contributed by atoms with Crippen molar-refractivity contribution in [2.45, 2.75) is 18.2 Å². The number of hydrogen-bond acceptors (Lipinski definition) is 4. The molecule has 0 spiro atoms. The quantitative estimate of drug-likeness (QED) is 0.702. The zero-order valence-electron chi connectivity index (χ0n) is 11.5. The van der Waals surface area contributed by atoms with E-state index in [1.54, 1.807) is 36.4 Å². The van der Waals surface area contributed by atoms with E-state index in [4.69, 9.17) is 20.5 Å². The van der Waals surface area contributed by atoms with Crippen molar-refractivity contribution in [2.75, 3.05) is 6.61 Å². The van der Waals surface area contributed by atoms with Gasteiger partial charge in [0.1, 0.15) is 5.75 Å². The first-order valence-corrected chi connectivity index (χ1v) is 7.69. The van der Waals surface area contributed by atoms with E-state index in [-0.39, 0.29) is 0 Å². The minimum absolute atomic E-state index is 0.415. The number of carbonyl (C=O) groups is 1. The van der Waals surface area contributed by atoms with E-state index >= 15 is 0 Å². The second-order valence-corrected chi connectivity index (χ2v) is 5.44. The van der Waals surface area contributed by atoms with Crippen LogP contribution in [0.25, 0.3) is 0 Å². The Balaban J connectivity index is 1.93. The van der Waals surface area contributed by atoms with Crippen LogP contribution in [0.4, 0.5) is 0 Å². The molecule has 5 heteroatoms. The molecule has 21 heavy (non-hydrogen) atoms. The van der Waals surface area contributed by atoms with Gasteiger partial charge in [-0.15, -0.1) is 0 Å². The molecule has 0 aliphatic carbocycles. The van der Waals surface area contributed by atoms with E-state index in [9.17, 15) is 4.79 Å². The monoisotopic (exact) mass is 322 g/mol. The second-order valence-electron chi connectivity index (χ2n) is 4.26. The van der Waals surface area contributed by atoms with Crippen LogP contribution < -0.4 is 4.74 Å². The van der Waals surface area contributed by atoms with Gasteiger partial charge in [-0.25, -0.2) is 4.79 Å². The summed E-state index contributed by atoms with van der Waals surface area (Å²) in [6, 6.07) is 14.1. The molecule has 0 atom stereocenters. The highest BCUT2D eigenvalue weighted by Crippen LogP contribution is 2.28. The lowest BCUT2D eigenvalue weighted by Crippen LogP contribution is -2.00.